The van der Waals surface area contributed by atoms with Crippen LogP contribution in [0.2, 0.25) is 0 Å². The summed E-state index contributed by atoms with van der Waals surface area (Å²) < 4.78 is 1.34. The van der Waals surface area contributed by atoms with Gasteiger partial charge in [0.05, 0.1) is 10.9 Å². The molecule has 1 heterocycles. The number of hydrogen-bond donors (Lipinski definition) is 2. The summed E-state index contributed by atoms with van der Waals surface area (Å²) in [6.07, 6.45) is 5.64. The van der Waals surface area contributed by atoms with Crippen molar-refractivity contribution in [3.63, 3.8) is 0 Å². The maximum Gasteiger partial charge on any atom is 0.329 e. The molecule has 1 aliphatic rings. The summed E-state index contributed by atoms with van der Waals surface area (Å²) >= 11 is 0. The highest BCUT2D eigenvalue weighted by molar-refractivity contribution is 5.91. The molecule has 0 spiro atoms. The number of benzene rings is 1. The molecule has 6 nitrogen and oxygen atoms in total. The molecule has 2 N–H and O–H groups in total. The first-order valence-electron chi connectivity index (χ1n) is 8.53. The molecule has 24 heavy (non-hydrogen) atoms. The molecule has 1 aromatic carbocycles. The molecular weight excluding hydrogens is 306 g/mol. The average Bonchev–Trinajstić information content (AvgIpc) is 2.55. The van der Waals surface area contributed by atoms with Crippen molar-refractivity contribution < 1.29 is 4.79 Å². The highest BCUT2D eigenvalue weighted by Gasteiger charge is 2.24. The average molecular weight is 329 g/mol. The molecular formula is C18H23N3O3. The van der Waals surface area contributed by atoms with Crippen LogP contribution in [0.25, 0.3) is 10.9 Å². The Kier molecular flexibility index (Phi) is 4.55. The van der Waals surface area contributed by atoms with E-state index in [0.717, 1.165) is 25.7 Å². The fourth-order valence-corrected chi connectivity index (χ4v) is 3.71. The third-order valence-corrected chi connectivity index (χ3v) is 4.99. The molecule has 1 aliphatic carbocycles. The lowest BCUT2D eigenvalue weighted by molar-refractivity contribution is -0.114. The van der Waals surface area contributed by atoms with E-state index in [1.165, 1.54) is 17.9 Å². The maximum absolute atomic E-state index is 12.9. The van der Waals surface area contributed by atoms with E-state index in [4.69, 9.17) is 0 Å². The summed E-state index contributed by atoms with van der Waals surface area (Å²) in [5.41, 5.74) is 0.388. The summed E-state index contributed by atoms with van der Waals surface area (Å²) in [7, 11) is 0. The van der Waals surface area contributed by atoms with Gasteiger partial charge in [-0.3, -0.25) is 14.2 Å². The first kappa shape index (κ1) is 16.5. The first-order chi connectivity index (χ1) is 11.5. The Balaban J connectivity index is 2.08. The van der Waals surface area contributed by atoms with Crippen molar-refractivity contribution in [2.45, 2.75) is 52.0 Å². The second-order valence-corrected chi connectivity index (χ2v) is 6.69. The zero-order chi connectivity index (χ0) is 17.3. The quantitative estimate of drug-likeness (QED) is 0.908. The number of carbonyl (C=O) groups excluding carboxylic acids is 1. The molecule has 1 saturated carbocycles. The van der Waals surface area contributed by atoms with E-state index in [1.54, 1.807) is 18.2 Å². The van der Waals surface area contributed by atoms with Gasteiger partial charge < -0.3 is 10.3 Å². The topological polar surface area (TPSA) is 84.0 Å². The van der Waals surface area contributed by atoms with Gasteiger partial charge in [-0.25, -0.2) is 4.79 Å². The zero-order valence-corrected chi connectivity index (χ0v) is 14.1. The van der Waals surface area contributed by atoms with Crippen molar-refractivity contribution in [3.8, 4) is 0 Å². The van der Waals surface area contributed by atoms with Gasteiger partial charge in [-0.1, -0.05) is 19.3 Å². The van der Waals surface area contributed by atoms with Crippen molar-refractivity contribution in [2.75, 3.05) is 5.32 Å². The number of anilines is 1. The number of hydrogen-bond acceptors (Lipinski definition) is 3. The molecule has 1 unspecified atom stereocenters. The van der Waals surface area contributed by atoms with Gasteiger partial charge in [0.25, 0.3) is 5.56 Å². The largest absolute Gasteiger partial charge is 0.329 e. The van der Waals surface area contributed by atoms with Crippen molar-refractivity contribution in [1.29, 1.82) is 0 Å². The van der Waals surface area contributed by atoms with E-state index < -0.39 is 0 Å². The van der Waals surface area contributed by atoms with E-state index in [2.05, 4.69) is 10.3 Å². The number of H-pyrrole nitrogens is 1. The van der Waals surface area contributed by atoms with Gasteiger partial charge in [0.1, 0.15) is 0 Å². The third kappa shape index (κ3) is 3.13. The molecule has 128 valence electrons. The number of carbonyl (C=O) groups is 1. The molecule has 1 aromatic heterocycles. The summed E-state index contributed by atoms with van der Waals surface area (Å²) in [5, 5.41) is 3.09. The number of amides is 1. The van der Waals surface area contributed by atoms with Crippen LogP contribution in [0, 0.1) is 5.92 Å². The Hall–Kier alpha value is -2.37. The zero-order valence-electron chi connectivity index (χ0n) is 14.1. The van der Waals surface area contributed by atoms with Crippen molar-refractivity contribution >= 4 is 22.5 Å². The predicted molar refractivity (Wildman–Crippen MR) is 94.4 cm³/mol. The van der Waals surface area contributed by atoms with Gasteiger partial charge >= 0.3 is 5.69 Å². The highest BCUT2D eigenvalue weighted by atomic mass is 16.2. The summed E-state index contributed by atoms with van der Waals surface area (Å²) in [6.45, 7) is 3.37. The molecule has 0 saturated heterocycles. The van der Waals surface area contributed by atoms with Crippen LogP contribution in [0.15, 0.2) is 27.8 Å². The second-order valence-electron chi connectivity index (χ2n) is 6.69. The van der Waals surface area contributed by atoms with Crippen molar-refractivity contribution in [3.05, 3.63) is 39.0 Å². The fraction of sp³-hybridized carbons (Fsp3) is 0.500. The lowest BCUT2D eigenvalue weighted by Crippen LogP contribution is -2.40. The summed E-state index contributed by atoms with van der Waals surface area (Å²) in [5.74, 6) is 0.156. The minimum Gasteiger partial charge on any atom is -0.326 e. The van der Waals surface area contributed by atoms with Gasteiger partial charge in [-0.15, -0.1) is 0 Å². The minimum atomic E-state index is -0.363. The van der Waals surface area contributed by atoms with Gasteiger partial charge in [-0.2, -0.15) is 0 Å². The van der Waals surface area contributed by atoms with E-state index in [0.29, 0.717) is 22.5 Å². The monoisotopic (exact) mass is 329 g/mol. The summed E-state index contributed by atoms with van der Waals surface area (Å²) in [6, 6.07) is 4.82. The SMILES string of the molecule is CC(=O)Nc1ccc2[nH]c(=O)n(C(C)C3CCCCC3)c(=O)c2c1. The van der Waals surface area contributed by atoms with Crippen molar-refractivity contribution in [1.82, 2.24) is 9.55 Å². The maximum atomic E-state index is 12.9. The highest BCUT2D eigenvalue weighted by Crippen LogP contribution is 2.31. The number of nitrogens with one attached hydrogen (secondary N) is 2. The van der Waals surface area contributed by atoms with Crippen LogP contribution in [0.4, 0.5) is 5.69 Å². The predicted octanol–water partition coefficient (Wildman–Crippen LogP) is 2.79. The third-order valence-electron chi connectivity index (χ3n) is 4.99. The van der Waals surface area contributed by atoms with Crippen LogP contribution >= 0.6 is 0 Å². The number of aromatic amines is 1. The second kappa shape index (κ2) is 6.63. The molecule has 2 aromatic rings. The summed E-state index contributed by atoms with van der Waals surface area (Å²) in [4.78, 5) is 39.4. The molecule has 6 heteroatoms. The Morgan fingerprint density at radius 3 is 2.62 bits per heavy atom. The molecule has 0 radical (unpaired) electrons. The number of nitrogens with zero attached hydrogens (tertiary/aromatic N) is 1. The van der Waals surface area contributed by atoms with Crippen LogP contribution in [0.1, 0.15) is 52.0 Å². The number of fused-ring (bicyclic) bond motifs is 1. The van der Waals surface area contributed by atoms with Crippen molar-refractivity contribution in [2.24, 2.45) is 5.92 Å². The van der Waals surface area contributed by atoms with Crippen LogP contribution in [-0.4, -0.2) is 15.5 Å². The Morgan fingerprint density at radius 1 is 1.25 bits per heavy atom. The standard InChI is InChI=1S/C18H23N3O3/c1-11(13-6-4-3-5-7-13)21-17(23)15-10-14(19-12(2)22)8-9-16(15)20-18(21)24/h8-11,13H,3-7H2,1-2H3,(H,19,22)(H,20,24). The van der Waals surface area contributed by atoms with E-state index in [9.17, 15) is 14.4 Å². The fourth-order valence-electron chi connectivity index (χ4n) is 3.71. The van der Waals surface area contributed by atoms with Crippen LogP contribution in [0.3, 0.4) is 0 Å². The molecule has 3 rings (SSSR count). The van der Waals surface area contributed by atoms with Gasteiger partial charge in [0.15, 0.2) is 0 Å². The molecule has 1 amide bonds. The van der Waals surface area contributed by atoms with E-state index >= 15 is 0 Å². The molecule has 1 atom stereocenters. The normalized spacial score (nSPS) is 16.9. The number of aromatic nitrogens is 2. The lowest BCUT2D eigenvalue weighted by atomic mass is 9.84. The molecule has 0 bridgehead atoms. The van der Waals surface area contributed by atoms with Crippen LogP contribution < -0.4 is 16.6 Å². The first-order valence-corrected chi connectivity index (χ1v) is 8.53. The Labute approximate surface area is 139 Å². The Bertz CT molecular complexity index is 875. The van der Waals surface area contributed by atoms with Crippen LogP contribution in [-0.2, 0) is 4.79 Å². The van der Waals surface area contributed by atoms with E-state index in [1.807, 2.05) is 6.92 Å². The molecule has 0 aliphatic heterocycles. The van der Waals surface area contributed by atoms with E-state index in [-0.39, 0.29) is 23.2 Å². The Morgan fingerprint density at radius 2 is 1.96 bits per heavy atom. The van der Waals surface area contributed by atoms with Gasteiger partial charge in [0.2, 0.25) is 5.91 Å². The lowest BCUT2D eigenvalue weighted by Gasteiger charge is -2.28. The number of rotatable bonds is 3. The smallest absolute Gasteiger partial charge is 0.326 e. The van der Waals surface area contributed by atoms with Gasteiger partial charge in [0, 0.05) is 18.7 Å². The van der Waals surface area contributed by atoms with Gasteiger partial charge in [-0.05, 0) is 43.9 Å². The van der Waals surface area contributed by atoms with Crippen LogP contribution in [0.5, 0.6) is 0 Å². The minimum absolute atomic E-state index is 0.129. The molecule has 1 fully saturated rings.